The van der Waals surface area contributed by atoms with Crippen LogP contribution in [-0.2, 0) is 64.0 Å². The molecule has 30 heteroatoms. The minimum absolute atomic E-state index is 0.0290. The van der Waals surface area contributed by atoms with E-state index < -0.39 is 41.6 Å². The summed E-state index contributed by atoms with van der Waals surface area (Å²) in [6.07, 6.45) is 15.0. The number of anilines is 5. The number of carbonyl (C=O) groups excluding carboxylic acids is 6. The summed E-state index contributed by atoms with van der Waals surface area (Å²) in [6, 6.07) is 25.0. The van der Waals surface area contributed by atoms with E-state index in [4.69, 9.17) is 38.1 Å². The molecule has 0 unspecified atom stereocenters. The molecule has 0 amide bonds. The number of esters is 2. The van der Waals surface area contributed by atoms with Crippen LogP contribution in [0, 0.1) is 40.7 Å². The van der Waals surface area contributed by atoms with E-state index >= 15 is 0 Å². The lowest BCUT2D eigenvalue weighted by Gasteiger charge is -2.34. The first-order valence-corrected chi connectivity index (χ1v) is 41.0. The third-order valence-corrected chi connectivity index (χ3v) is 22.2. The van der Waals surface area contributed by atoms with Crippen molar-refractivity contribution in [3.63, 3.8) is 0 Å². The van der Waals surface area contributed by atoms with Crippen LogP contribution >= 0.6 is 79.6 Å². The summed E-state index contributed by atoms with van der Waals surface area (Å²) in [7, 11) is -1.04. The summed E-state index contributed by atoms with van der Waals surface area (Å²) in [4.78, 5) is 75.3. The number of hydrogen-bond donors (Lipinski definition) is 9. The number of benzene rings is 7. The van der Waals surface area contributed by atoms with E-state index in [2.05, 4.69) is 95.0 Å². The van der Waals surface area contributed by atoms with Crippen molar-refractivity contribution in [2.24, 2.45) is 5.73 Å². The fraction of sp³-hybridized carbons (Fsp3) is 0.417. The molecular weight excluding hydrogens is 1810 g/mol. The third kappa shape index (κ3) is 30.6. The fourth-order valence-electron chi connectivity index (χ4n) is 11.5. The molecule has 0 aromatic heterocycles. The maximum absolute atomic E-state index is 14.2. The van der Waals surface area contributed by atoms with Crippen LogP contribution in [0.1, 0.15) is 226 Å². The summed E-state index contributed by atoms with van der Waals surface area (Å²) in [6.45, 7) is 15.5. The van der Waals surface area contributed by atoms with Crippen molar-refractivity contribution in [3.8, 4) is 0 Å². The second-order valence-electron chi connectivity index (χ2n) is 30.8. The fourth-order valence-corrected chi connectivity index (χ4v) is 13.8. The van der Waals surface area contributed by atoms with E-state index in [0.29, 0.717) is 96.3 Å². The molecule has 15 rings (SSSR count). The molecular formula is C84H97BBr5F7N6O11. The van der Waals surface area contributed by atoms with Crippen molar-refractivity contribution in [2.45, 2.75) is 224 Å². The number of Topliss-reactive ketones (excluding diaryl/α,β-unsaturated/α-hetero) is 4. The number of ether oxygens (including phenoxy) is 1. The lowest BCUT2D eigenvalue weighted by atomic mass is 9.84. The highest BCUT2D eigenvalue weighted by Crippen LogP contribution is 2.50. The molecule has 17 nitrogen and oxygen atoms in total. The smallest absolute Gasteiger partial charge is 0.454 e. The normalized spacial score (nSPS) is 16.1. The molecule has 7 aromatic rings. The Balaban J connectivity index is 0.000000201. The molecule has 8 aliphatic rings. The van der Waals surface area contributed by atoms with E-state index in [1.807, 2.05) is 32.0 Å². The monoisotopic (exact) mass is 1900 g/mol. The van der Waals surface area contributed by atoms with Crippen LogP contribution in [0.3, 0.4) is 0 Å². The highest BCUT2D eigenvalue weighted by molar-refractivity contribution is 9.11. The van der Waals surface area contributed by atoms with Gasteiger partial charge in [0.15, 0.2) is 23.2 Å². The van der Waals surface area contributed by atoms with Gasteiger partial charge in [0, 0.05) is 59.9 Å². The lowest BCUT2D eigenvalue weighted by molar-refractivity contribution is -0.156. The Hall–Kier alpha value is -7.32. The van der Waals surface area contributed by atoms with Crippen molar-refractivity contribution < 1.29 is 84.2 Å². The Morgan fingerprint density at radius 2 is 0.851 bits per heavy atom. The third-order valence-electron chi connectivity index (χ3n) is 18.8. The predicted octanol–water partition coefficient (Wildman–Crippen LogP) is 20.1. The van der Waals surface area contributed by atoms with Gasteiger partial charge in [0.25, 0.3) is 0 Å². The molecule has 0 radical (unpaired) electrons. The van der Waals surface area contributed by atoms with Crippen molar-refractivity contribution in [2.75, 3.05) is 27.8 Å². The zero-order chi connectivity index (χ0) is 85.3. The second-order valence-corrected chi connectivity index (χ2v) is 35.0. The number of fused-ring (bicyclic) bond motifs is 2. The van der Waals surface area contributed by atoms with E-state index in [1.54, 1.807) is 45.0 Å². The van der Waals surface area contributed by atoms with Gasteiger partial charge in [-0.3, -0.25) is 33.6 Å². The molecule has 616 valence electrons. The van der Waals surface area contributed by atoms with Crippen molar-refractivity contribution in [1.29, 1.82) is 0 Å². The maximum atomic E-state index is 14.2. The SMILES string of the molecule is CC(=O)Cc1cc(F)ccc1Br.CC(=O)Cc1cc(F)ccc1C1CC1.CC(=O)OC(C)=O.CC(C)(N)C(=O)O.CC1(C)Nc2c(F)c(Br)cc(C3CC3)c2CC1=O.CC1(C)Nc2c(F)ccc(C3CC3)c2CC1=O.Nc1c(C2CC2)cc(Br)c(F)c1Br.Nc1cc(F)ccc1Br.Nc1cc(F)ccc1C1CC1.OB(O)C1CC1. The molecule has 6 aliphatic carbocycles. The molecule has 6 saturated carbocycles. The number of rotatable bonds is 11. The first kappa shape index (κ1) is 95.5. The standard InChI is InChI=1S/C14H15BrFNO.C14H16FNO.C12H13FO.C9H8Br2FN.C9H8BrFO.C9H10FN.C6H5BrFN.C4H9NO2.C4H6O3.C3H7BO2/c1-14(2)11(18)6-9-8(7-3-4-7)5-10(15)12(16)13(9)17-14;1-14(2)12(17)7-10-9(8-3-4-8)5-6-11(15)13(10)16-14;1-8(14)6-10-7-11(13)4-5-12(10)9-2-3-9;10-6-3-5(4-1-2-4)9(13)7(11)8(6)12;1-6(12)4-7-5-8(11)2-3-9(7)10;10-7-3-4-8(6-1-2-6)9(11)5-7;7-5-2-1-4(8)3-6(5)9;1-4(2,5)3(6)7;1-3(5)7-4(2)6;5-4(6)3-1-2-3/h5,7,17H,3-4,6H2,1-2H3;5-6,8,16H,3-4,7H2,1-2H3;4-5,7,9H,2-3,6H2,1H3;3-4H,1-2,13H2;2-3,5H,4H2,1H3;3-6H,1-2,11H2;1-3H,9H2;5H2,1-2H3,(H,6,7);1-2H3;3,5-6H,1-2H2. The Morgan fingerprint density at radius 1 is 0.482 bits per heavy atom. The van der Waals surface area contributed by atoms with E-state index in [-0.39, 0.29) is 76.1 Å². The van der Waals surface area contributed by atoms with Gasteiger partial charge < -0.3 is 53.5 Å². The number of nitrogens with two attached hydrogens (primary N) is 4. The summed E-state index contributed by atoms with van der Waals surface area (Å²) < 4.78 is 98.6. The zero-order valence-electron chi connectivity index (χ0n) is 65.0. The number of halogens is 12. The number of aliphatic carboxylic acids is 1. The largest absolute Gasteiger partial charge is 0.480 e. The van der Waals surface area contributed by atoms with Gasteiger partial charge in [0.2, 0.25) is 0 Å². The number of nitrogen functional groups attached to an aromatic ring is 3. The van der Waals surface area contributed by atoms with Crippen LogP contribution in [0.5, 0.6) is 0 Å². The molecule has 2 aliphatic heterocycles. The first-order chi connectivity index (χ1) is 53.1. The number of carboxylic acids is 1. The van der Waals surface area contributed by atoms with Gasteiger partial charge in [-0.05, 0) is 348 Å². The highest BCUT2D eigenvalue weighted by Gasteiger charge is 2.41. The molecule has 0 spiro atoms. The topological polar surface area (TPSA) is 318 Å². The van der Waals surface area contributed by atoms with Gasteiger partial charge in [-0.15, -0.1) is 0 Å². The Kier molecular flexibility index (Phi) is 35.4. The molecule has 7 aromatic carbocycles. The Morgan fingerprint density at radius 3 is 1.26 bits per heavy atom. The molecule has 114 heavy (non-hydrogen) atoms. The zero-order valence-corrected chi connectivity index (χ0v) is 73.0. The van der Waals surface area contributed by atoms with Crippen LogP contribution in [0.4, 0.5) is 59.2 Å². The molecule has 2 heterocycles. The van der Waals surface area contributed by atoms with E-state index in [9.17, 15) is 64.3 Å². The van der Waals surface area contributed by atoms with Crippen LogP contribution < -0.4 is 33.6 Å². The Labute approximate surface area is 703 Å². The van der Waals surface area contributed by atoms with Gasteiger partial charge in [-0.2, -0.15) is 0 Å². The number of nitrogens with one attached hydrogen (secondary N) is 2. The number of ketones is 4. The van der Waals surface area contributed by atoms with E-state index in [1.165, 1.54) is 120 Å². The highest BCUT2D eigenvalue weighted by atomic mass is 79.9. The minimum Gasteiger partial charge on any atom is -0.480 e. The lowest BCUT2D eigenvalue weighted by Crippen LogP contribution is -2.45. The predicted molar refractivity (Wildman–Crippen MR) is 450 cm³/mol. The first-order valence-electron chi connectivity index (χ1n) is 37.0. The summed E-state index contributed by atoms with van der Waals surface area (Å²) in [5.41, 5.74) is 31.0. The number of carboxylic acid groups (broad SMARTS) is 1. The number of hydrogen-bond acceptors (Lipinski definition) is 16. The van der Waals surface area contributed by atoms with Gasteiger partial charge in [-0.25, -0.2) is 30.7 Å². The summed E-state index contributed by atoms with van der Waals surface area (Å²) >= 11 is 16.0. The van der Waals surface area contributed by atoms with Crippen LogP contribution in [0.15, 0.2) is 119 Å². The van der Waals surface area contributed by atoms with Crippen LogP contribution in [0.2, 0.25) is 5.82 Å². The van der Waals surface area contributed by atoms with Gasteiger partial charge in [0.1, 0.15) is 46.2 Å². The van der Waals surface area contributed by atoms with E-state index in [0.717, 1.165) is 99.3 Å². The average molecular weight is 1910 g/mol. The van der Waals surface area contributed by atoms with Crippen LogP contribution in [0.25, 0.3) is 0 Å². The average Bonchev–Trinajstić information content (AvgIpc) is 1.61. The second kappa shape index (κ2) is 42.2. The maximum Gasteiger partial charge on any atom is 0.454 e. The molecule has 0 saturated heterocycles. The van der Waals surface area contributed by atoms with Gasteiger partial charge >= 0.3 is 25.0 Å². The van der Waals surface area contributed by atoms with Gasteiger partial charge in [-0.1, -0.05) is 47.0 Å². The number of carbonyl (C=O) groups is 7. The molecule has 6 fully saturated rings. The molecule has 0 atom stereocenters. The van der Waals surface area contributed by atoms with Crippen LogP contribution in [-0.4, -0.2) is 79.9 Å². The summed E-state index contributed by atoms with van der Waals surface area (Å²) in [5, 5.41) is 30.7. The van der Waals surface area contributed by atoms with Crippen molar-refractivity contribution in [1.82, 2.24) is 0 Å². The molecule has 13 N–H and O–H groups in total. The quantitative estimate of drug-likeness (QED) is 0.0145. The van der Waals surface area contributed by atoms with Crippen molar-refractivity contribution >= 4 is 156 Å². The Bertz CT molecular complexity index is 4650. The minimum atomic E-state index is -1.08. The van der Waals surface area contributed by atoms with Crippen molar-refractivity contribution in [3.05, 3.63) is 210 Å². The molecule has 0 bridgehead atoms. The summed E-state index contributed by atoms with van der Waals surface area (Å²) in [5.74, 6) is -0.697. The van der Waals surface area contributed by atoms with Gasteiger partial charge in [0.05, 0.1) is 41.6 Å².